The molecule has 6 atom stereocenters. The Balaban J connectivity index is 1.48. The second-order valence-corrected chi connectivity index (χ2v) is 13.0. The summed E-state index contributed by atoms with van der Waals surface area (Å²) in [5.74, 6) is -5.21. The number of carbonyl (C=O) groups excluding carboxylic acids is 2. The zero-order chi connectivity index (χ0) is 33.1. The summed E-state index contributed by atoms with van der Waals surface area (Å²) in [5.41, 5.74) is -0.296. The van der Waals surface area contributed by atoms with Crippen LogP contribution in [-0.2, 0) is 28.2 Å². The fourth-order valence-corrected chi connectivity index (χ4v) is 6.34. The largest absolute Gasteiger partial charge is 0.462 e. The van der Waals surface area contributed by atoms with Crippen LogP contribution in [0.25, 0.3) is 0 Å². The molecule has 45 heavy (non-hydrogen) atoms. The normalized spacial score (nSPS) is 25.1. The van der Waals surface area contributed by atoms with Crippen LogP contribution in [-0.4, -0.2) is 88.0 Å². The Morgan fingerprint density at radius 2 is 1.91 bits per heavy atom. The number of likely N-dealkylation sites (tertiary alicyclic amines) is 1. The molecule has 2 aromatic rings. The van der Waals surface area contributed by atoms with Gasteiger partial charge in [-0.15, -0.1) is 0 Å². The predicted molar refractivity (Wildman–Crippen MR) is 157 cm³/mol. The van der Waals surface area contributed by atoms with Crippen molar-refractivity contribution in [2.75, 3.05) is 25.5 Å². The molecule has 2 saturated heterocycles. The summed E-state index contributed by atoms with van der Waals surface area (Å²) < 4.78 is 66.1. The number of ether oxygens (including phenoxy) is 2. The molecule has 0 radical (unpaired) electrons. The number of carbonyl (C=O) groups is 2. The van der Waals surface area contributed by atoms with Crippen molar-refractivity contribution in [1.82, 2.24) is 19.5 Å². The van der Waals surface area contributed by atoms with Crippen molar-refractivity contribution in [1.29, 1.82) is 0 Å². The maximum absolute atomic E-state index is 15.2. The van der Waals surface area contributed by atoms with E-state index in [-0.39, 0.29) is 17.5 Å². The number of nitrogens with one attached hydrogen (secondary N) is 2. The van der Waals surface area contributed by atoms with Crippen LogP contribution in [0.2, 0.25) is 0 Å². The maximum Gasteiger partial charge on any atom is 0.459 e. The summed E-state index contributed by atoms with van der Waals surface area (Å²) in [6.45, 7) is 6.26. The molecule has 0 saturated carbocycles. The van der Waals surface area contributed by atoms with E-state index < -0.39 is 68.6 Å². The topological polar surface area (TPSA) is 171 Å². The number of hydrogen-bond donors (Lipinski definition) is 3. The van der Waals surface area contributed by atoms with E-state index >= 15 is 8.78 Å². The van der Waals surface area contributed by atoms with E-state index in [0.717, 1.165) is 30.8 Å². The van der Waals surface area contributed by atoms with Gasteiger partial charge in [-0.25, -0.2) is 9.36 Å². The van der Waals surface area contributed by atoms with Gasteiger partial charge in [-0.05, 0) is 72.3 Å². The van der Waals surface area contributed by atoms with Gasteiger partial charge in [0, 0.05) is 6.20 Å². The second-order valence-electron chi connectivity index (χ2n) is 11.3. The van der Waals surface area contributed by atoms with Gasteiger partial charge in [0.1, 0.15) is 23.7 Å². The molecule has 4 rings (SSSR count). The molecule has 1 aromatic heterocycles. The van der Waals surface area contributed by atoms with Crippen LogP contribution < -0.4 is 20.6 Å². The molecule has 3 heterocycles. The third-order valence-electron chi connectivity index (χ3n) is 7.25. The van der Waals surface area contributed by atoms with Crippen molar-refractivity contribution in [2.45, 2.75) is 83.1 Å². The first-order valence-corrected chi connectivity index (χ1v) is 15.9. The van der Waals surface area contributed by atoms with Crippen molar-refractivity contribution in [3.63, 3.8) is 0 Å². The van der Waals surface area contributed by atoms with Gasteiger partial charge in [0.15, 0.2) is 6.10 Å². The molecule has 3 N–H and O–H groups in total. The molecule has 14 nitrogen and oxygen atoms in total. The SMILES string of the molecule is Cc1ccc(OP(=O)(NC(C)C(=O)OC(C)C)OCC2OC(n3ccc(NC(=O)C4CCCN4C)nc3=O)C(F)(F)C2O)cc1. The first-order valence-electron chi connectivity index (χ1n) is 14.4. The highest BCUT2D eigenvalue weighted by Gasteiger charge is 2.60. The van der Waals surface area contributed by atoms with E-state index in [4.69, 9.17) is 18.5 Å². The molecule has 2 aliphatic rings. The number of anilines is 1. The lowest BCUT2D eigenvalue weighted by Gasteiger charge is -2.25. The van der Waals surface area contributed by atoms with Crippen LogP contribution in [0, 0.1) is 6.92 Å². The molecule has 0 bridgehead atoms. The summed E-state index contributed by atoms with van der Waals surface area (Å²) in [6, 6.07) is 5.87. The zero-order valence-electron chi connectivity index (χ0n) is 25.5. The van der Waals surface area contributed by atoms with Crippen LogP contribution in [0.3, 0.4) is 0 Å². The van der Waals surface area contributed by atoms with Crippen molar-refractivity contribution in [3.05, 3.63) is 52.6 Å². The average molecular weight is 658 g/mol. The molecule has 2 aliphatic heterocycles. The van der Waals surface area contributed by atoms with E-state index in [1.807, 2.05) is 11.8 Å². The highest BCUT2D eigenvalue weighted by atomic mass is 31.2. The molecule has 1 amide bonds. The first kappa shape index (κ1) is 34.6. The monoisotopic (exact) mass is 657 g/mol. The second kappa shape index (κ2) is 14.0. The Morgan fingerprint density at radius 3 is 2.51 bits per heavy atom. The molecular formula is C28H38F2N5O9P. The van der Waals surface area contributed by atoms with Gasteiger partial charge in [-0.3, -0.25) is 23.6 Å². The van der Waals surface area contributed by atoms with Gasteiger partial charge < -0.3 is 24.4 Å². The molecule has 1 aromatic carbocycles. The Hall–Kier alpha value is -3.27. The van der Waals surface area contributed by atoms with Crippen LogP contribution in [0.15, 0.2) is 41.3 Å². The lowest BCUT2D eigenvalue weighted by molar-refractivity contribution is -0.149. The Morgan fingerprint density at radius 1 is 1.22 bits per heavy atom. The van der Waals surface area contributed by atoms with Crippen molar-refractivity contribution in [2.24, 2.45) is 0 Å². The van der Waals surface area contributed by atoms with E-state index in [0.29, 0.717) is 11.0 Å². The number of benzene rings is 1. The van der Waals surface area contributed by atoms with Crippen LogP contribution in [0.5, 0.6) is 5.75 Å². The predicted octanol–water partition coefficient (Wildman–Crippen LogP) is 2.61. The van der Waals surface area contributed by atoms with Crippen molar-refractivity contribution in [3.8, 4) is 5.75 Å². The van der Waals surface area contributed by atoms with E-state index in [1.54, 1.807) is 33.0 Å². The molecule has 2 fully saturated rings. The van der Waals surface area contributed by atoms with Gasteiger partial charge in [0.2, 0.25) is 12.1 Å². The summed E-state index contributed by atoms with van der Waals surface area (Å²) >= 11 is 0. The fraction of sp³-hybridized carbons (Fsp3) is 0.571. The number of aliphatic hydroxyl groups excluding tert-OH is 1. The highest BCUT2D eigenvalue weighted by molar-refractivity contribution is 7.52. The standard InChI is InChI=1S/C28H38F2N5O9P/c1-16(2)42-25(38)18(4)33-45(40,44-19-10-8-17(3)9-11-19)41-15-21-23(36)28(29,30)26(43-21)35-14-12-22(32-27(35)39)31-24(37)20-7-6-13-34(20)5/h8-12,14,16,18,20-21,23,26,36H,6-7,13,15H2,1-5H3,(H,33,40)(H,31,32,37,39). The summed E-state index contributed by atoms with van der Waals surface area (Å²) in [7, 11) is -2.69. The minimum absolute atomic E-state index is 0.0846. The number of rotatable bonds is 12. The van der Waals surface area contributed by atoms with Crippen LogP contribution in [0.4, 0.5) is 14.6 Å². The average Bonchev–Trinajstić information content (AvgIpc) is 3.48. The minimum atomic E-state index is -4.48. The number of alkyl halides is 2. The number of aromatic nitrogens is 2. The molecule has 6 unspecified atom stereocenters. The van der Waals surface area contributed by atoms with E-state index in [1.165, 1.54) is 19.1 Å². The number of amides is 1. The van der Waals surface area contributed by atoms with Gasteiger partial charge in [-0.1, -0.05) is 17.7 Å². The van der Waals surface area contributed by atoms with Gasteiger partial charge in [-0.2, -0.15) is 18.9 Å². The molecular weight excluding hydrogens is 619 g/mol. The van der Waals surface area contributed by atoms with Gasteiger partial charge in [0.05, 0.1) is 18.8 Å². The summed E-state index contributed by atoms with van der Waals surface area (Å²) in [4.78, 5) is 43.2. The molecule has 0 aliphatic carbocycles. The minimum Gasteiger partial charge on any atom is -0.462 e. The molecule has 248 valence electrons. The summed E-state index contributed by atoms with van der Waals surface area (Å²) in [6.07, 6.45) is -4.64. The quantitative estimate of drug-likeness (QED) is 0.226. The smallest absolute Gasteiger partial charge is 0.459 e. The van der Waals surface area contributed by atoms with E-state index in [9.17, 15) is 24.1 Å². The van der Waals surface area contributed by atoms with Crippen molar-refractivity contribution < 1.29 is 46.6 Å². The number of likely N-dealkylation sites (N-methyl/N-ethyl adjacent to an activating group) is 1. The lowest BCUT2D eigenvalue weighted by atomic mass is 10.1. The maximum atomic E-state index is 15.2. The third kappa shape index (κ3) is 8.31. The Labute approximate surface area is 258 Å². The molecule has 0 spiro atoms. The van der Waals surface area contributed by atoms with Crippen LogP contribution in [0.1, 0.15) is 45.4 Å². The van der Waals surface area contributed by atoms with Gasteiger partial charge >= 0.3 is 25.3 Å². The number of hydrogen-bond acceptors (Lipinski definition) is 11. The lowest BCUT2D eigenvalue weighted by Crippen LogP contribution is -2.42. The first-order chi connectivity index (χ1) is 21.1. The highest BCUT2D eigenvalue weighted by Crippen LogP contribution is 2.48. The number of aryl methyl sites for hydroxylation is 1. The third-order valence-corrected chi connectivity index (χ3v) is 8.89. The number of halogens is 2. The zero-order valence-corrected chi connectivity index (χ0v) is 26.4. The Bertz CT molecular complexity index is 1480. The Kier molecular flexibility index (Phi) is 10.8. The van der Waals surface area contributed by atoms with E-state index in [2.05, 4.69) is 15.4 Å². The number of aliphatic hydroxyl groups is 1. The van der Waals surface area contributed by atoms with Gasteiger partial charge in [0.25, 0.3) is 0 Å². The molecule has 17 heteroatoms. The van der Waals surface area contributed by atoms with Crippen molar-refractivity contribution >= 4 is 25.4 Å². The summed E-state index contributed by atoms with van der Waals surface area (Å²) in [5, 5.41) is 15.4. The number of esters is 1. The van der Waals surface area contributed by atoms with Crippen LogP contribution >= 0.6 is 7.75 Å². The number of nitrogens with zero attached hydrogens (tertiary/aromatic N) is 3. The fourth-order valence-electron chi connectivity index (χ4n) is 4.84.